The zero-order valence-electron chi connectivity index (χ0n) is 18.9. The lowest BCUT2D eigenvalue weighted by Gasteiger charge is -2.21. The summed E-state index contributed by atoms with van der Waals surface area (Å²) in [4.78, 5) is 2.59. The van der Waals surface area contributed by atoms with Crippen LogP contribution in [0.25, 0.3) is 10.4 Å². The van der Waals surface area contributed by atoms with Crippen LogP contribution >= 0.6 is 0 Å². The fraction of sp³-hybridized carbons (Fsp3) is 1.00. The quantitative estimate of drug-likeness (QED) is 0.0824. The minimum absolute atomic E-state index is 0.457. The number of azide groups is 1. The minimum Gasteiger partial charge on any atom is -0.396 e. The molecule has 0 saturated heterocycles. The Morgan fingerprint density at radius 2 is 1.07 bits per heavy atom. The summed E-state index contributed by atoms with van der Waals surface area (Å²) in [5.74, 6) is 0. The normalized spacial score (nSPS) is 14.3. The van der Waals surface area contributed by atoms with Crippen molar-refractivity contribution in [1.82, 2.24) is 0 Å². The summed E-state index contributed by atoms with van der Waals surface area (Å²) in [6.45, 7) is 1.81. The molecule has 0 heterocycles. The molecule has 0 aliphatic rings. The maximum absolute atomic E-state index is 9.93. The summed E-state index contributed by atoms with van der Waals surface area (Å²) >= 11 is 0. The first kappa shape index (κ1) is 28.2. The molecule has 6 heteroatoms. The standard InChI is InChI=1S/C23H47N3O3/c1-2-3-4-5-6-7-8-9-10-11-12-13-14-15-16-17-18-19-22(28)23(29)21(20-27)25-26-24/h21-23,27-29H,2-20H2,1H3/t21-,22+,23-/m0/s1. The lowest BCUT2D eigenvalue weighted by atomic mass is 10.00. The molecule has 0 aromatic rings. The van der Waals surface area contributed by atoms with Crippen molar-refractivity contribution in [3.8, 4) is 0 Å². The second kappa shape index (κ2) is 21.9. The van der Waals surface area contributed by atoms with Crippen LogP contribution in [0.2, 0.25) is 0 Å². The van der Waals surface area contributed by atoms with Gasteiger partial charge in [-0.3, -0.25) is 0 Å². The molecule has 0 rings (SSSR count). The number of aliphatic hydroxyl groups is 3. The average Bonchev–Trinajstić information content (AvgIpc) is 2.73. The van der Waals surface area contributed by atoms with E-state index in [1.807, 2.05) is 0 Å². The highest BCUT2D eigenvalue weighted by Gasteiger charge is 2.24. The van der Waals surface area contributed by atoms with E-state index in [4.69, 9.17) is 10.6 Å². The van der Waals surface area contributed by atoms with E-state index < -0.39 is 24.9 Å². The second-order valence-electron chi connectivity index (χ2n) is 8.46. The monoisotopic (exact) mass is 413 g/mol. The van der Waals surface area contributed by atoms with Gasteiger partial charge in [-0.25, -0.2) is 0 Å². The Bertz CT molecular complexity index is 390. The van der Waals surface area contributed by atoms with Gasteiger partial charge in [-0.15, -0.1) is 0 Å². The Labute approximate surface area is 178 Å². The van der Waals surface area contributed by atoms with Gasteiger partial charge in [0.05, 0.1) is 24.9 Å². The van der Waals surface area contributed by atoms with Gasteiger partial charge in [-0.1, -0.05) is 121 Å². The largest absolute Gasteiger partial charge is 0.396 e. The predicted molar refractivity (Wildman–Crippen MR) is 121 cm³/mol. The summed E-state index contributed by atoms with van der Waals surface area (Å²) in [5.41, 5.74) is 8.39. The molecule has 0 unspecified atom stereocenters. The van der Waals surface area contributed by atoms with E-state index in [1.54, 1.807) is 0 Å². The fourth-order valence-electron chi connectivity index (χ4n) is 3.78. The first-order valence-corrected chi connectivity index (χ1v) is 12.2. The lowest BCUT2D eigenvalue weighted by Crippen LogP contribution is -2.38. The van der Waals surface area contributed by atoms with Crippen molar-refractivity contribution in [3.63, 3.8) is 0 Å². The van der Waals surface area contributed by atoms with E-state index >= 15 is 0 Å². The van der Waals surface area contributed by atoms with Crippen LogP contribution < -0.4 is 0 Å². The molecule has 3 N–H and O–H groups in total. The van der Waals surface area contributed by atoms with Crippen LogP contribution in [0.3, 0.4) is 0 Å². The Balaban J connectivity index is 3.34. The van der Waals surface area contributed by atoms with Crippen LogP contribution in [0.5, 0.6) is 0 Å². The molecule has 0 radical (unpaired) electrons. The Morgan fingerprint density at radius 1 is 0.690 bits per heavy atom. The second-order valence-corrected chi connectivity index (χ2v) is 8.46. The van der Waals surface area contributed by atoms with E-state index in [0.717, 1.165) is 19.3 Å². The van der Waals surface area contributed by atoms with Crippen LogP contribution in [0.4, 0.5) is 0 Å². The predicted octanol–water partition coefficient (Wildman–Crippen LogP) is 6.42. The molecule has 0 aliphatic heterocycles. The van der Waals surface area contributed by atoms with E-state index in [9.17, 15) is 10.2 Å². The van der Waals surface area contributed by atoms with Crippen LogP contribution in [0, 0.1) is 0 Å². The lowest BCUT2D eigenvalue weighted by molar-refractivity contribution is -0.0120. The molecule has 6 nitrogen and oxygen atoms in total. The molecular weight excluding hydrogens is 366 g/mol. The molecule has 0 aliphatic carbocycles. The molecule has 0 spiro atoms. The third-order valence-corrected chi connectivity index (χ3v) is 5.78. The molecule has 0 fully saturated rings. The summed E-state index contributed by atoms with van der Waals surface area (Å²) in [5, 5.41) is 32.2. The molecule has 0 bridgehead atoms. The molecule has 172 valence electrons. The highest BCUT2D eigenvalue weighted by molar-refractivity contribution is 4.81. The minimum atomic E-state index is -1.20. The van der Waals surface area contributed by atoms with Crippen LogP contribution in [0.1, 0.15) is 122 Å². The van der Waals surface area contributed by atoms with Crippen molar-refractivity contribution in [2.24, 2.45) is 5.11 Å². The smallest absolute Gasteiger partial charge is 0.0905 e. The van der Waals surface area contributed by atoms with Gasteiger partial charge in [0.1, 0.15) is 0 Å². The van der Waals surface area contributed by atoms with Gasteiger partial charge < -0.3 is 15.3 Å². The van der Waals surface area contributed by atoms with Crippen LogP contribution in [-0.4, -0.2) is 40.2 Å². The summed E-state index contributed by atoms with van der Waals surface area (Å²) < 4.78 is 0. The Hall–Kier alpha value is -0.810. The molecule has 3 atom stereocenters. The topological polar surface area (TPSA) is 109 Å². The van der Waals surface area contributed by atoms with Crippen molar-refractivity contribution in [2.45, 2.75) is 141 Å². The van der Waals surface area contributed by atoms with Crippen molar-refractivity contribution < 1.29 is 15.3 Å². The maximum atomic E-state index is 9.93. The number of hydrogen-bond acceptors (Lipinski definition) is 4. The first-order chi connectivity index (χ1) is 14.2. The van der Waals surface area contributed by atoms with E-state index in [1.165, 1.54) is 89.9 Å². The van der Waals surface area contributed by atoms with E-state index in [2.05, 4.69) is 16.9 Å². The number of rotatable bonds is 22. The van der Waals surface area contributed by atoms with Gasteiger partial charge in [0.15, 0.2) is 0 Å². The van der Waals surface area contributed by atoms with Crippen molar-refractivity contribution >= 4 is 0 Å². The SMILES string of the molecule is CCCCCCCCCCCCCCCCCCC[C@@H](O)[C@@H](O)[C@H](CO)N=[N+]=[N-]. The molecular formula is C23H47N3O3. The zero-order chi connectivity index (χ0) is 21.6. The van der Waals surface area contributed by atoms with Gasteiger partial charge in [-0.05, 0) is 12.0 Å². The van der Waals surface area contributed by atoms with Gasteiger partial charge in [0, 0.05) is 4.91 Å². The van der Waals surface area contributed by atoms with E-state index in [0.29, 0.717) is 6.42 Å². The molecule has 0 aromatic heterocycles. The van der Waals surface area contributed by atoms with Gasteiger partial charge in [-0.2, -0.15) is 0 Å². The Morgan fingerprint density at radius 3 is 1.41 bits per heavy atom. The van der Waals surface area contributed by atoms with Crippen molar-refractivity contribution in [3.05, 3.63) is 10.4 Å². The fourth-order valence-corrected chi connectivity index (χ4v) is 3.78. The summed E-state index contributed by atoms with van der Waals surface area (Å²) in [6, 6.07) is -0.971. The van der Waals surface area contributed by atoms with Crippen LogP contribution in [0.15, 0.2) is 5.11 Å². The first-order valence-electron chi connectivity index (χ1n) is 12.2. The zero-order valence-corrected chi connectivity index (χ0v) is 18.9. The average molecular weight is 414 g/mol. The number of hydrogen-bond donors (Lipinski definition) is 3. The molecule has 0 aromatic carbocycles. The highest BCUT2D eigenvalue weighted by atomic mass is 16.3. The molecule has 0 amide bonds. The van der Waals surface area contributed by atoms with Gasteiger partial charge >= 0.3 is 0 Å². The van der Waals surface area contributed by atoms with Crippen LogP contribution in [-0.2, 0) is 0 Å². The Kier molecular flexibility index (Phi) is 21.3. The van der Waals surface area contributed by atoms with Gasteiger partial charge in [0.25, 0.3) is 0 Å². The maximum Gasteiger partial charge on any atom is 0.0905 e. The molecule has 29 heavy (non-hydrogen) atoms. The highest BCUT2D eigenvalue weighted by Crippen LogP contribution is 2.16. The number of aliphatic hydroxyl groups excluding tert-OH is 3. The number of nitrogens with zero attached hydrogens (tertiary/aromatic N) is 3. The third kappa shape index (κ3) is 17.7. The third-order valence-electron chi connectivity index (χ3n) is 5.78. The van der Waals surface area contributed by atoms with E-state index in [-0.39, 0.29) is 0 Å². The number of unbranched alkanes of at least 4 members (excludes halogenated alkanes) is 16. The molecule has 0 saturated carbocycles. The summed E-state index contributed by atoms with van der Waals surface area (Å²) in [7, 11) is 0. The van der Waals surface area contributed by atoms with Gasteiger partial charge in [0.2, 0.25) is 0 Å². The van der Waals surface area contributed by atoms with Crippen molar-refractivity contribution in [2.75, 3.05) is 6.61 Å². The van der Waals surface area contributed by atoms with Crippen molar-refractivity contribution in [1.29, 1.82) is 0 Å². The summed E-state index contributed by atoms with van der Waals surface area (Å²) in [6.07, 6.45) is 20.5.